The van der Waals surface area contributed by atoms with Gasteiger partial charge in [-0.2, -0.15) is 13.2 Å². The third-order valence-electron chi connectivity index (χ3n) is 3.74. The van der Waals surface area contributed by atoms with Gasteiger partial charge in [0.1, 0.15) is 4.21 Å². The normalized spacial score (nSPS) is 12.3. The molecule has 0 aliphatic heterocycles. The van der Waals surface area contributed by atoms with E-state index in [0.717, 1.165) is 29.0 Å². The predicted octanol–water partition coefficient (Wildman–Crippen LogP) is 4.84. The lowest BCUT2D eigenvalue weighted by molar-refractivity contribution is -0.136. The summed E-state index contributed by atoms with van der Waals surface area (Å²) >= 11 is 0.882. The Hall–Kier alpha value is -2.33. The van der Waals surface area contributed by atoms with E-state index in [1.54, 1.807) is 19.2 Å². The SMILES string of the molecule is Cc1noc(-c2csc(S(=O)(=O)Nc3ccccc3C(F)(F)F)c2)c1C. The van der Waals surface area contributed by atoms with Crippen LogP contribution < -0.4 is 4.72 Å². The smallest absolute Gasteiger partial charge is 0.356 e. The summed E-state index contributed by atoms with van der Waals surface area (Å²) < 4.78 is 71.2. The first kappa shape index (κ1) is 18.5. The molecule has 0 radical (unpaired) electrons. The zero-order valence-corrected chi connectivity index (χ0v) is 15.2. The van der Waals surface area contributed by atoms with Gasteiger partial charge in [-0.1, -0.05) is 17.3 Å². The number of halogens is 3. The van der Waals surface area contributed by atoms with Gasteiger partial charge in [0.05, 0.1) is 16.9 Å². The summed E-state index contributed by atoms with van der Waals surface area (Å²) in [6.45, 7) is 3.53. The molecule has 0 aliphatic rings. The molecular formula is C16H13F3N2O3S2. The van der Waals surface area contributed by atoms with E-state index in [0.29, 0.717) is 17.0 Å². The summed E-state index contributed by atoms with van der Waals surface area (Å²) in [7, 11) is -4.18. The zero-order chi connectivity index (χ0) is 19.1. The third kappa shape index (κ3) is 3.47. The van der Waals surface area contributed by atoms with Crippen molar-refractivity contribution in [3.63, 3.8) is 0 Å². The molecule has 2 aromatic heterocycles. The largest absolute Gasteiger partial charge is 0.418 e. The number of anilines is 1. The number of thiophene rings is 1. The molecule has 138 valence electrons. The molecule has 0 bridgehead atoms. The minimum Gasteiger partial charge on any atom is -0.356 e. The molecule has 2 heterocycles. The second-order valence-corrected chi connectivity index (χ2v) is 8.35. The Morgan fingerprint density at radius 1 is 1.19 bits per heavy atom. The summed E-state index contributed by atoms with van der Waals surface area (Å²) in [5.41, 5.74) is 0.358. The molecule has 0 fully saturated rings. The highest BCUT2D eigenvalue weighted by atomic mass is 32.2. The van der Waals surface area contributed by atoms with Gasteiger partial charge < -0.3 is 4.52 Å². The second kappa shape index (κ2) is 6.44. The van der Waals surface area contributed by atoms with Crippen molar-refractivity contribution < 1.29 is 26.1 Å². The van der Waals surface area contributed by atoms with Crippen molar-refractivity contribution in [3.05, 3.63) is 52.5 Å². The van der Waals surface area contributed by atoms with Crippen LogP contribution in [-0.4, -0.2) is 13.6 Å². The molecule has 3 rings (SSSR count). The van der Waals surface area contributed by atoms with E-state index in [1.165, 1.54) is 18.2 Å². The van der Waals surface area contributed by atoms with E-state index in [-0.39, 0.29) is 4.21 Å². The molecule has 0 unspecified atom stereocenters. The third-order valence-corrected chi connectivity index (χ3v) is 6.54. The quantitative estimate of drug-likeness (QED) is 0.678. The number of aryl methyl sites for hydroxylation is 1. The maximum atomic E-state index is 13.0. The first-order valence-electron chi connectivity index (χ1n) is 7.30. The van der Waals surface area contributed by atoms with Gasteiger partial charge in [0, 0.05) is 16.5 Å². The Kier molecular flexibility index (Phi) is 4.57. The minimum absolute atomic E-state index is 0.127. The summed E-state index contributed by atoms with van der Waals surface area (Å²) in [6, 6.07) is 5.75. The highest BCUT2D eigenvalue weighted by molar-refractivity contribution is 7.94. The van der Waals surface area contributed by atoms with E-state index in [9.17, 15) is 21.6 Å². The number of nitrogens with one attached hydrogen (secondary N) is 1. The molecule has 10 heteroatoms. The van der Waals surface area contributed by atoms with E-state index < -0.39 is 27.5 Å². The molecule has 0 saturated carbocycles. The number of rotatable bonds is 4. The number of aromatic nitrogens is 1. The fourth-order valence-corrected chi connectivity index (χ4v) is 4.51. The number of alkyl halides is 3. The van der Waals surface area contributed by atoms with Gasteiger partial charge in [0.2, 0.25) is 0 Å². The van der Waals surface area contributed by atoms with E-state index in [1.807, 2.05) is 4.72 Å². The van der Waals surface area contributed by atoms with Crippen LogP contribution in [0.1, 0.15) is 16.8 Å². The lowest BCUT2D eigenvalue weighted by atomic mass is 10.1. The predicted molar refractivity (Wildman–Crippen MR) is 91.5 cm³/mol. The number of hydrogen-bond acceptors (Lipinski definition) is 5. The summed E-state index contributed by atoms with van der Waals surface area (Å²) in [4.78, 5) is 0. The summed E-state index contributed by atoms with van der Waals surface area (Å²) in [6.07, 6.45) is -4.67. The molecule has 0 spiro atoms. The second-order valence-electron chi connectivity index (χ2n) is 5.53. The van der Waals surface area contributed by atoms with Gasteiger partial charge >= 0.3 is 6.18 Å². The Bertz CT molecular complexity index is 1050. The van der Waals surface area contributed by atoms with Crippen molar-refractivity contribution in [3.8, 4) is 11.3 Å². The summed E-state index contributed by atoms with van der Waals surface area (Å²) in [5, 5.41) is 5.36. The maximum Gasteiger partial charge on any atom is 0.418 e. The van der Waals surface area contributed by atoms with E-state index in [4.69, 9.17) is 4.52 Å². The van der Waals surface area contributed by atoms with Crippen LogP contribution in [0.2, 0.25) is 0 Å². The van der Waals surface area contributed by atoms with Crippen molar-refractivity contribution in [1.29, 1.82) is 0 Å². The van der Waals surface area contributed by atoms with Gasteiger partial charge in [0.15, 0.2) is 5.76 Å². The Balaban J connectivity index is 1.95. The molecular weight excluding hydrogens is 389 g/mol. The van der Waals surface area contributed by atoms with Crippen molar-refractivity contribution in [1.82, 2.24) is 5.16 Å². The zero-order valence-electron chi connectivity index (χ0n) is 13.6. The van der Waals surface area contributed by atoms with Gasteiger partial charge in [0.25, 0.3) is 10.0 Å². The molecule has 0 saturated heterocycles. The fraction of sp³-hybridized carbons (Fsp3) is 0.188. The van der Waals surface area contributed by atoms with Crippen molar-refractivity contribution in [2.75, 3.05) is 4.72 Å². The first-order chi connectivity index (χ1) is 12.1. The number of nitrogens with zero attached hydrogens (tertiary/aromatic N) is 1. The highest BCUT2D eigenvalue weighted by Gasteiger charge is 2.34. The summed E-state index contributed by atoms with van der Waals surface area (Å²) in [5.74, 6) is 0.427. The lowest BCUT2D eigenvalue weighted by Crippen LogP contribution is -2.16. The molecule has 0 aliphatic carbocycles. The van der Waals surface area contributed by atoms with Crippen LogP contribution in [0, 0.1) is 13.8 Å². The average Bonchev–Trinajstić information content (AvgIpc) is 3.15. The molecule has 0 amide bonds. The van der Waals surface area contributed by atoms with Crippen molar-refractivity contribution in [2.45, 2.75) is 24.2 Å². The number of para-hydroxylation sites is 1. The van der Waals surface area contributed by atoms with Crippen LogP contribution in [0.25, 0.3) is 11.3 Å². The number of hydrogen-bond donors (Lipinski definition) is 1. The molecule has 1 aromatic carbocycles. The Morgan fingerprint density at radius 2 is 1.88 bits per heavy atom. The van der Waals surface area contributed by atoms with Gasteiger partial charge in [-0.3, -0.25) is 4.72 Å². The molecule has 0 atom stereocenters. The molecule has 3 aromatic rings. The van der Waals surface area contributed by atoms with Crippen LogP contribution in [-0.2, 0) is 16.2 Å². The topological polar surface area (TPSA) is 72.2 Å². The highest BCUT2D eigenvalue weighted by Crippen LogP contribution is 2.37. The van der Waals surface area contributed by atoms with Crippen molar-refractivity contribution in [2.24, 2.45) is 0 Å². The maximum absolute atomic E-state index is 13.0. The first-order valence-corrected chi connectivity index (χ1v) is 9.66. The van der Waals surface area contributed by atoms with Gasteiger partial charge in [-0.05, 0) is 32.0 Å². The molecule has 1 N–H and O–H groups in total. The average molecular weight is 402 g/mol. The lowest BCUT2D eigenvalue weighted by Gasteiger charge is -2.13. The van der Waals surface area contributed by atoms with Gasteiger partial charge in [-0.15, -0.1) is 11.3 Å². The van der Waals surface area contributed by atoms with Gasteiger partial charge in [-0.25, -0.2) is 8.42 Å². The monoisotopic (exact) mass is 402 g/mol. The molecule has 5 nitrogen and oxygen atoms in total. The number of benzene rings is 1. The Morgan fingerprint density at radius 3 is 2.50 bits per heavy atom. The van der Waals surface area contributed by atoms with E-state index in [2.05, 4.69) is 5.16 Å². The van der Waals surface area contributed by atoms with Crippen LogP contribution in [0.3, 0.4) is 0 Å². The minimum atomic E-state index is -4.67. The van der Waals surface area contributed by atoms with Crippen molar-refractivity contribution >= 4 is 27.0 Å². The van der Waals surface area contributed by atoms with Crippen LogP contribution in [0.5, 0.6) is 0 Å². The van der Waals surface area contributed by atoms with Crippen LogP contribution in [0.15, 0.2) is 44.4 Å². The number of sulfonamides is 1. The van der Waals surface area contributed by atoms with E-state index >= 15 is 0 Å². The van der Waals surface area contributed by atoms with Crippen LogP contribution in [0.4, 0.5) is 18.9 Å². The van der Waals surface area contributed by atoms with Crippen LogP contribution >= 0.6 is 11.3 Å². The standard InChI is InChI=1S/C16H13F3N2O3S2/c1-9-10(2)20-24-15(9)11-7-14(25-8-11)26(22,23)21-13-6-4-3-5-12(13)16(17,18)19/h3-8,21H,1-2H3. The fourth-order valence-electron chi connectivity index (χ4n) is 2.28. The Labute approximate surface area is 151 Å². The molecule has 26 heavy (non-hydrogen) atoms.